The van der Waals surface area contributed by atoms with Crippen molar-refractivity contribution in [1.82, 2.24) is 0 Å². The zero-order valence-corrected chi connectivity index (χ0v) is 7.30. The van der Waals surface area contributed by atoms with Gasteiger partial charge in [-0.2, -0.15) is 0 Å². The fraction of sp³-hybridized carbons (Fsp3) is 0.333. The number of benzene rings is 1. The van der Waals surface area contributed by atoms with E-state index in [1.54, 1.807) is 25.1 Å². The minimum Gasteiger partial charge on any atom is -0.396 e. The first-order chi connectivity index (χ1) is 6.16. The zero-order chi connectivity index (χ0) is 9.84. The Morgan fingerprint density at radius 2 is 2.15 bits per heavy atom. The summed E-state index contributed by atoms with van der Waals surface area (Å²) in [4.78, 5) is 10.1. The number of aliphatic hydroxyl groups excluding tert-OH is 1. The minimum atomic E-state index is -0.429. The van der Waals surface area contributed by atoms with E-state index >= 15 is 0 Å². The van der Waals surface area contributed by atoms with E-state index in [2.05, 4.69) is 0 Å². The van der Waals surface area contributed by atoms with Crippen molar-refractivity contribution in [3.8, 4) is 0 Å². The summed E-state index contributed by atoms with van der Waals surface area (Å²) in [6.45, 7) is 1.67. The van der Waals surface area contributed by atoms with Gasteiger partial charge in [0.1, 0.15) is 0 Å². The van der Waals surface area contributed by atoms with E-state index in [0.717, 1.165) is 0 Å². The molecule has 0 aromatic heterocycles. The smallest absolute Gasteiger partial charge is 0.272 e. The maximum atomic E-state index is 10.6. The van der Waals surface area contributed by atoms with Crippen molar-refractivity contribution in [2.24, 2.45) is 0 Å². The molecule has 4 nitrogen and oxygen atoms in total. The summed E-state index contributed by atoms with van der Waals surface area (Å²) in [5.41, 5.74) is 0.652. The summed E-state index contributed by atoms with van der Waals surface area (Å²) in [6, 6.07) is 6.46. The van der Waals surface area contributed by atoms with Crippen LogP contribution in [0.2, 0.25) is 0 Å². The Morgan fingerprint density at radius 1 is 1.54 bits per heavy atom. The van der Waals surface area contributed by atoms with Crippen LogP contribution in [0.5, 0.6) is 0 Å². The van der Waals surface area contributed by atoms with Gasteiger partial charge in [-0.1, -0.05) is 25.1 Å². The number of nitro benzene ring substituents is 1. The molecule has 1 aromatic rings. The van der Waals surface area contributed by atoms with Gasteiger partial charge in [-0.05, 0) is 0 Å². The maximum absolute atomic E-state index is 10.6. The molecule has 0 radical (unpaired) electrons. The molecule has 0 unspecified atom stereocenters. The third-order valence-corrected chi connectivity index (χ3v) is 1.94. The maximum Gasteiger partial charge on any atom is 0.272 e. The van der Waals surface area contributed by atoms with Crippen molar-refractivity contribution in [3.05, 3.63) is 39.9 Å². The summed E-state index contributed by atoms with van der Waals surface area (Å²) in [7, 11) is 0. The fourth-order valence-corrected chi connectivity index (χ4v) is 1.17. The summed E-state index contributed by atoms with van der Waals surface area (Å²) in [6.07, 6.45) is 0. The lowest BCUT2D eigenvalue weighted by Gasteiger charge is -2.07. The first-order valence-corrected chi connectivity index (χ1v) is 4.01. The highest BCUT2D eigenvalue weighted by Crippen LogP contribution is 2.25. The normalized spacial score (nSPS) is 12.5. The molecule has 0 aliphatic heterocycles. The van der Waals surface area contributed by atoms with Crippen LogP contribution in [0.3, 0.4) is 0 Å². The third-order valence-electron chi connectivity index (χ3n) is 1.94. The number of rotatable bonds is 3. The summed E-state index contributed by atoms with van der Waals surface area (Å²) < 4.78 is 0. The van der Waals surface area contributed by atoms with E-state index in [0.29, 0.717) is 5.56 Å². The van der Waals surface area contributed by atoms with E-state index < -0.39 is 4.92 Å². The van der Waals surface area contributed by atoms with Crippen LogP contribution in [0.1, 0.15) is 18.4 Å². The van der Waals surface area contributed by atoms with Gasteiger partial charge < -0.3 is 5.11 Å². The zero-order valence-electron chi connectivity index (χ0n) is 7.30. The molecule has 0 saturated heterocycles. The lowest BCUT2D eigenvalue weighted by molar-refractivity contribution is -0.385. The van der Waals surface area contributed by atoms with Gasteiger partial charge in [0.15, 0.2) is 0 Å². The summed E-state index contributed by atoms with van der Waals surface area (Å²) in [5, 5.41) is 19.4. The number of nitro groups is 1. The molecule has 70 valence electrons. The molecular formula is C9H11NO3. The van der Waals surface area contributed by atoms with Gasteiger partial charge in [-0.25, -0.2) is 0 Å². The first-order valence-electron chi connectivity index (χ1n) is 4.01. The summed E-state index contributed by atoms with van der Waals surface area (Å²) >= 11 is 0. The third kappa shape index (κ3) is 2.03. The Balaban J connectivity index is 3.11. The molecule has 1 atom stereocenters. The van der Waals surface area contributed by atoms with E-state index in [1.165, 1.54) is 6.07 Å². The lowest BCUT2D eigenvalue weighted by Crippen LogP contribution is -2.02. The van der Waals surface area contributed by atoms with Crippen LogP contribution in [-0.4, -0.2) is 16.6 Å². The highest BCUT2D eigenvalue weighted by Gasteiger charge is 2.16. The molecule has 4 heteroatoms. The highest BCUT2D eigenvalue weighted by atomic mass is 16.6. The average Bonchev–Trinajstić information content (AvgIpc) is 2.16. The molecule has 0 fully saturated rings. The second kappa shape index (κ2) is 4.00. The molecule has 0 amide bonds. The molecule has 0 aliphatic carbocycles. The van der Waals surface area contributed by atoms with Crippen LogP contribution in [0.4, 0.5) is 5.69 Å². The highest BCUT2D eigenvalue weighted by molar-refractivity contribution is 5.41. The second-order valence-electron chi connectivity index (χ2n) is 2.90. The molecule has 0 bridgehead atoms. The molecule has 0 heterocycles. The van der Waals surface area contributed by atoms with Crippen molar-refractivity contribution in [2.75, 3.05) is 6.61 Å². The fourth-order valence-electron chi connectivity index (χ4n) is 1.17. The van der Waals surface area contributed by atoms with Gasteiger partial charge >= 0.3 is 0 Å². The quantitative estimate of drug-likeness (QED) is 0.570. The lowest BCUT2D eigenvalue weighted by atomic mass is 10.0. The number of hydrogen-bond acceptors (Lipinski definition) is 3. The molecule has 0 aliphatic rings. The number of aliphatic hydroxyl groups is 1. The van der Waals surface area contributed by atoms with Crippen LogP contribution in [0.25, 0.3) is 0 Å². The van der Waals surface area contributed by atoms with Crippen LogP contribution in [0.15, 0.2) is 24.3 Å². The monoisotopic (exact) mass is 181 g/mol. The van der Waals surface area contributed by atoms with Crippen LogP contribution in [0, 0.1) is 10.1 Å². The Labute approximate surface area is 76.0 Å². The molecule has 1 N–H and O–H groups in total. The molecular weight excluding hydrogens is 170 g/mol. The van der Waals surface area contributed by atoms with Gasteiger partial charge in [0.05, 0.1) is 4.92 Å². The van der Waals surface area contributed by atoms with Crippen molar-refractivity contribution in [1.29, 1.82) is 0 Å². The standard InChI is InChI=1S/C9H11NO3/c1-7(6-11)8-4-2-3-5-9(8)10(12)13/h2-5,7,11H,6H2,1H3/t7-/m0/s1. The molecule has 13 heavy (non-hydrogen) atoms. The van der Waals surface area contributed by atoms with Gasteiger partial charge in [-0.3, -0.25) is 10.1 Å². The number of nitrogens with zero attached hydrogens (tertiary/aromatic N) is 1. The molecule has 0 saturated carbocycles. The van der Waals surface area contributed by atoms with Crippen LogP contribution < -0.4 is 0 Å². The van der Waals surface area contributed by atoms with Crippen molar-refractivity contribution >= 4 is 5.69 Å². The predicted octanol–water partition coefficient (Wildman–Crippen LogP) is 1.69. The predicted molar refractivity (Wildman–Crippen MR) is 48.6 cm³/mol. The van der Waals surface area contributed by atoms with Crippen LogP contribution >= 0.6 is 0 Å². The Bertz CT molecular complexity index is 311. The van der Waals surface area contributed by atoms with E-state index in [1.807, 2.05) is 0 Å². The largest absolute Gasteiger partial charge is 0.396 e. The second-order valence-corrected chi connectivity index (χ2v) is 2.90. The molecule has 1 rings (SSSR count). The minimum absolute atomic E-state index is 0.0732. The van der Waals surface area contributed by atoms with Gasteiger partial charge in [-0.15, -0.1) is 0 Å². The Kier molecular flexibility index (Phi) is 2.97. The van der Waals surface area contributed by atoms with Crippen molar-refractivity contribution in [3.63, 3.8) is 0 Å². The van der Waals surface area contributed by atoms with Gasteiger partial charge in [0, 0.05) is 24.2 Å². The molecule has 1 aromatic carbocycles. The van der Waals surface area contributed by atoms with E-state index in [4.69, 9.17) is 5.11 Å². The van der Waals surface area contributed by atoms with Gasteiger partial charge in [0.25, 0.3) is 5.69 Å². The van der Waals surface area contributed by atoms with Crippen molar-refractivity contribution in [2.45, 2.75) is 12.8 Å². The SMILES string of the molecule is C[C@@H](CO)c1ccccc1[N+](=O)[O-]. The first kappa shape index (κ1) is 9.67. The Hall–Kier alpha value is -1.42. The topological polar surface area (TPSA) is 63.4 Å². The molecule has 0 spiro atoms. The number of hydrogen-bond donors (Lipinski definition) is 1. The van der Waals surface area contributed by atoms with Crippen molar-refractivity contribution < 1.29 is 10.0 Å². The van der Waals surface area contributed by atoms with Gasteiger partial charge in [0.2, 0.25) is 0 Å². The number of para-hydroxylation sites is 1. The summed E-state index contributed by atoms with van der Waals surface area (Å²) in [5.74, 6) is -0.193. The van der Waals surface area contributed by atoms with E-state index in [9.17, 15) is 10.1 Å². The van der Waals surface area contributed by atoms with Crippen LogP contribution in [-0.2, 0) is 0 Å². The average molecular weight is 181 g/mol. The van der Waals surface area contributed by atoms with E-state index in [-0.39, 0.29) is 18.2 Å². The Morgan fingerprint density at radius 3 is 2.69 bits per heavy atom.